The lowest BCUT2D eigenvalue weighted by atomic mass is 10.2. The molecule has 12 heteroatoms. The number of sulfonamides is 1. The maximum atomic E-state index is 12.8. The van der Waals surface area contributed by atoms with E-state index in [0.717, 1.165) is 24.0 Å². The van der Waals surface area contributed by atoms with E-state index in [1.807, 2.05) is 24.7 Å². The van der Waals surface area contributed by atoms with E-state index in [-0.39, 0.29) is 23.0 Å². The lowest BCUT2D eigenvalue weighted by Crippen LogP contribution is -2.48. The molecular weight excluding hydrogens is 414 g/mol. The molecule has 1 aliphatic rings. The van der Waals surface area contributed by atoms with Crippen molar-refractivity contribution in [3.63, 3.8) is 0 Å². The van der Waals surface area contributed by atoms with Crippen molar-refractivity contribution in [2.45, 2.75) is 45.3 Å². The molecule has 0 aromatic carbocycles. The third-order valence-electron chi connectivity index (χ3n) is 4.79. The predicted octanol–water partition coefficient (Wildman–Crippen LogP) is 2.04. The van der Waals surface area contributed by atoms with Crippen LogP contribution in [-0.2, 0) is 23.1 Å². The van der Waals surface area contributed by atoms with Crippen molar-refractivity contribution < 1.29 is 17.2 Å². The molecule has 158 valence electrons. The average molecular weight is 439 g/mol. The van der Waals surface area contributed by atoms with Crippen molar-refractivity contribution in [3.8, 4) is 0 Å². The van der Waals surface area contributed by atoms with Crippen molar-refractivity contribution in [1.82, 2.24) is 28.8 Å². The fraction of sp³-hybridized carbons (Fsp3) is 0.625. The van der Waals surface area contributed by atoms with E-state index in [2.05, 4.69) is 15.1 Å². The zero-order valence-corrected chi connectivity index (χ0v) is 17.7. The third-order valence-corrected chi connectivity index (χ3v) is 6.79. The number of aromatic nitrogens is 4. The fourth-order valence-corrected chi connectivity index (χ4v) is 4.78. The molecule has 1 saturated heterocycles. The van der Waals surface area contributed by atoms with Crippen LogP contribution < -0.4 is 0 Å². The second-order valence-corrected chi connectivity index (χ2v) is 8.52. The first-order valence-electron chi connectivity index (χ1n) is 8.81. The molecule has 0 unspecified atom stereocenters. The first kappa shape index (κ1) is 22.7. The number of hydrogen-bond donors (Lipinski definition) is 0. The van der Waals surface area contributed by atoms with Gasteiger partial charge in [0.25, 0.3) is 0 Å². The van der Waals surface area contributed by atoms with Gasteiger partial charge in [0, 0.05) is 51.0 Å². The van der Waals surface area contributed by atoms with Gasteiger partial charge in [-0.3, -0.25) is 9.58 Å². The summed E-state index contributed by atoms with van der Waals surface area (Å²) in [6, 6.07) is 0. The highest BCUT2D eigenvalue weighted by Crippen LogP contribution is 2.23. The van der Waals surface area contributed by atoms with E-state index < -0.39 is 16.6 Å². The highest BCUT2D eigenvalue weighted by Gasteiger charge is 2.32. The molecule has 3 rings (SSSR count). The van der Waals surface area contributed by atoms with Crippen LogP contribution in [0.25, 0.3) is 0 Å². The van der Waals surface area contributed by atoms with Crippen LogP contribution in [0.4, 0.5) is 8.78 Å². The third kappa shape index (κ3) is 4.53. The van der Waals surface area contributed by atoms with Gasteiger partial charge in [-0.15, -0.1) is 12.4 Å². The van der Waals surface area contributed by atoms with Crippen LogP contribution in [0.1, 0.15) is 30.4 Å². The van der Waals surface area contributed by atoms with Crippen LogP contribution in [-0.4, -0.2) is 63.4 Å². The fourth-order valence-electron chi connectivity index (χ4n) is 3.20. The Morgan fingerprint density at radius 3 is 2.21 bits per heavy atom. The maximum Gasteiger partial charge on any atom is 0.333 e. The topological polar surface area (TPSA) is 76.3 Å². The van der Waals surface area contributed by atoms with E-state index in [4.69, 9.17) is 0 Å². The van der Waals surface area contributed by atoms with Crippen molar-refractivity contribution >= 4 is 22.4 Å². The normalized spacial score (nSPS) is 16.5. The summed E-state index contributed by atoms with van der Waals surface area (Å²) in [6.07, 6.45) is 2.92. The number of aryl methyl sites for hydroxylation is 3. The molecule has 0 aliphatic carbocycles. The molecule has 0 radical (unpaired) electrons. The average Bonchev–Trinajstić information content (AvgIpc) is 3.19. The van der Waals surface area contributed by atoms with Gasteiger partial charge in [-0.05, 0) is 20.8 Å². The molecule has 1 fully saturated rings. The molecule has 2 aromatic heterocycles. The summed E-state index contributed by atoms with van der Waals surface area (Å²) in [5, 5.41) is 8.03. The molecule has 0 spiro atoms. The monoisotopic (exact) mass is 438 g/mol. The second-order valence-electron chi connectivity index (χ2n) is 6.61. The van der Waals surface area contributed by atoms with E-state index in [1.54, 1.807) is 0 Å². The number of nitrogens with zero attached hydrogens (tertiary/aromatic N) is 6. The Balaban J connectivity index is 0.00000280. The highest BCUT2D eigenvalue weighted by molar-refractivity contribution is 7.89. The standard InChI is InChI=1S/C16H24F2N6O2S.ClH/c1-4-22-10-14(12(2)19-22)9-21-5-7-23(8-6-21)27(25,26)15-11-24(16(17)18)20-13(15)3;/h10-11,16H,4-9H2,1-3H3;1H. The van der Waals surface area contributed by atoms with E-state index in [0.29, 0.717) is 37.4 Å². The Bertz CT molecular complexity index is 906. The number of halogens is 3. The molecule has 8 nitrogen and oxygen atoms in total. The van der Waals surface area contributed by atoms with Gasteiger partial charge in [0.1, 0.15) is 4.90 Å². The molecule has 0 N–H and O–H groups in total. The second kappa shape index (κ2) is 8.85. The number of alkyl halides is 2. The Morgan fingerprint density at radius 2 is 1.71 bits per heavy atom. The molecule has 3 heterocycles. The van der Waals surface area contributed by atoms with Gasteiger partial charge in [-0.25, -0.2) is 13.1 Å². The highest BCUT2D eigenvalue weighted by atomic mass is 35.5. The molecule has 2 aromatic rings. The summed E-state index contributed by atoms with van der Waals surface area (Å²) in [5.41, 5.74) is 2.18. The predicted molar refractivity (Wildman–Crippen MR) is 102 cm³/mol. The van der Waals surface area contributed by atoms with E-state index >= 15 is 0 Å². The number of rotatable bonds is 6. The van der Waals surface area contributed by atoms with Gasteiger partial charge in [0.15, 0.2) is 0 Å². The van der Waals surface area contributed by atoms with Crippen molar-refractivity contribution in [2.24, 2.45) is 0 Å². The van der Waals surface area contributed by atoms with Crippen LogP contribution in [0, 0.1) is 13.8 Å². The van der Waals surface area contributed by atoms with Crippen LogP contribution in [0.3, 0.4) is 0 Å². The summed E-state index contributed by atoms with van der Waals surface area (Å²) in [4.78, 5) is 2.02. The minimum Gasteiger partial charge on any atom is -0.296 e. The minimum absolute atomic E-state index is 0. The van der Waals surface area contributed by atoms with Crippen molar-refractivity contribution in [1.29, 1.82) is 0 Å². The Morgan fingerprint density at radius 1 is 1.07 bits per heavy atom. The van der Waals surface area contributed by atoms with Gasteiger partial charge in [-0.1, -0.05) is 0 Å². The number of hydrogen-bond acceptors (Lipinski definition) is 5. The first-order chi connectivity index (χ1) is 12.7. The van der Waals surface area contributed by atoms with Crippen LogP contribution in [0.2, 0.25) is 0 Å². The smallest absolute Gasteiger partial charge is 0.296 e. The van der Waals surface area contributed by atoms with Crippen LogP contribution in [0.15, 0.2) is 17.3 Å². The van der Waals surface area contributed by atoms with E-state index in [1.165, 1.54) is 11.2 Å². The van der Waals surface area contributed by atoms with Crippen molar-refractivity contribution in [3.05, 3.63) is 29.3 Å². The molecule has 0 bridgehead atoms. The molecule has 0 saturated carbocycles. The van der Waals surface area contributed by atoms with Crippen LogP contribution in [0.5, 0.6) is 0 Å². The van der Waals surface area contributed by atoms with Gasteiger partial charge < -0.3 is 0 Å². The zero-order valence-electron chi connectivity index (χ0n) is 16.0. The lowest BCUT2D eigenvalue weighted by molar-refractivity contribution is 0.0561. The number of piperazine rings is 1. The largest absolute Gasteiger partial charge is 0.333 e. The summed E-state index contributed by atoms with van der Waals surface area (Å²) in [7, 11) is -3.84. The van der Waals surface area contributed by atoms with E-state index in [9.17, 15) is 17.2 Å². The van der Waals surface area contributed by atoms with Gasteiger partial charge >= 0.3 is 6.55 Å². The van der Waals surface area contributed by atoms with Crippen LogP contribution >= 0.6 is 12.4 Å². The Labute approximate surface area is 169 Å². The Kier molecular flexibility index (Phi) is 7.18. The summed E-state index contributed by atoms with van der Waals surface area (Å²) in [6.45, 7) is 5.82. The molecule has 1 aliphatic heterocycles. The Hall–Kier alpha value is -1.56. The molecule has 28 heavy (non-hydrogen) atoms. The molecular formula is C16H25ClF2N6O2S. The van der Waals surface area contributed by atoms with Gasteiger partial charge in [0.2, 0.25) is 10.0 Å². The zero-order chi connectivity index (χ0) is 19.8. The maximum absolute atomic E-state index is 12.8. The molecule has 0 amide bonds. The summed E-state index contributed by atoms with van der Waals surface area (Å²) < 4.78 is 54.8. The first-order valence-corrected chi connectivity index (χ1v) is 10.3. The SMILES string of the molecule is CCn1cc(CN2CCN(S(=O)(=O)c3cn(C(F)F)nc3C)CC2)c(C)n1.Cl. The summed E-state index contributed by atoms with van der Waals surface area (Å²) in [5.74, 6) is 0. The molecule has 0 atom stereocenters. The quantitative estimate of drug-likeness (QED) is 0.689. The van der Waals surface area contributed by atoms with Crippen molar-refractivity contribution in [2.75, 3.05) is 26.2 Å². The summed E-state index contributed by atoms with van der Waals surface area (Å²) >= 11 is 0. The lowest BCUT2D eigenvalue weighted by Gasteiger charge is -2.33. The minimum atomic E-state index is -3.84. The van der Waals surface area contributed by atoms with Gasteiger partial charge in [-0.2, -0.15) is 23.3 Å². The van der Waals surface area contributed by atoms with Gasteiger partial charge in [0.05, 0.1) is 17.6 Å².